The molecule has 1 atom stereocenters. The van der Waals surface area contributed by atoms with E-state index >= 15 is 0 Å². The van der Waals surface area contributed by atoms with Crippen molar-refractivity contribution in [3.05, 3.63) is 79.6 Å². The first kappa shape index (κ1) is 19.4. The van der Waals surface area contributed by atoms with E-state index < -0.39 is 15.7 Å². The molecule has 0 radical (unpaired) electrons. The molecular weight excluding hydrogens is 369 g/mol. The summed E-state index contributed by atoms with van der Waals surface area (Å²) in [6.07, 6.45) is 2.93. The average Bonchev–Trinajstić information content (AvgIpc) is 2.69. The lowest BCUT2D eigenvalue weighted by molar-refractivity contribution is -0.394. The van der Waals surface area contributed by atoms with Crippen LogP contribution in [0.3, 0.4) is 0 Å². The van der Waals surface area contributed by atoms with E-state index in [1.165, 1.54) is 18.2 Å². The Morgan fingerprint density at radius 1 is 1.11 bits per heavy atom. The molecule has 0 bridgehead atoms. The standard InChI is InChI=1S/C19H18FN3O5/c20-17-7-3-1-5-13(17)12-28-21-18-8-4-2-6-15(18)16-10-9-14(22(24)25)11-19(16)23(26)27/h1,3,5,7,9-11,15H,2,4,6,8,12H2/b21-18+/t15-/m1/s1. The van der Waals surface area contributed by atoms with Crippen molar-refractivity contribution in [3.63, 3.8) is 0 Å². The number of hydrogen-bond acceptors (Lipinski definition) is 6. The Balaban J connectivity index is 1.86. The van der Waals surface area contributed by atoms with E-state index in [0.29, 0.717) is 29.7 Å². The molecule has 0 amide bonds. The van der Waals surface area contributed by atoms with E-state index in [4.69, 9.17) is 4.84 Å². The van der Waals surface area contributed by atoms with Crippen LogP contribution in [0.5, 0.6) is 0 Å². The molecule has 3 rings (SSSR count). The van der Waals surface area contributed by atoms with Gasteiger partial charge >= 0.3 is 0 Å². The van der Waals surface area contributed by atoms with Crippen LogP contribution < -0.4 is 0 Å². The number of nitro benzene ring substituents is 2. The first-order chi connectivity index (χ1) is 13.5. The molecule has 0 spiro atoms. The fourth-order valence-electron chi connectivity index (χ4n) is 3.34. The van der Waals surface area contributed by atoms with E-state index in [2.05, 4.69) is 5.16 Å². The number of benzene rings is 2. The smallest absolute Gasteiger partial charge is 0.280 e. The van der Waals surface area contributed by atoms with Crippen molar-refractivity contribution in [1.82, 2.24) is 0 Å². The van der Waals surface area contributed by atoms with Gasteiger partial charge < -0.3 is 4.84 Å². The largest absolute Gasteiger partial charge is 0.391 e. The highest BCUT2D eigenvalue weighted by Gasteiger charge is 2.30. The number of rotatable bonds is 6. The van der Waals surface area contributed by atoms with Crippen molar-refractivity contribution in [2.45, 2.75) is 38.2 Å². The molecule has 0 aromatic heterocycles. The fourth-order valence-corrected chi connectivity index (χ4v) is 3.34. The number of halogens is 1. The topological polar surface area (TPSA) is 108 Å². The number of oxime groups is 1. The maximum Gasteiger partial charge on any atom is 0.280 e. The van der Waals surface area contributed by atoms with Crippen LogP contribution in [0, 0.1) is 26.0 Å². The Labute approximate surface area is 159 Å². The lowest BCUT2D eigenvalue weighted by atomic mass is 9.81. The quantitative estimate of drug-likeness (QED) is 0.519. The van der Waals surface area contributed by atoms with Gasteiger partial charge in [-0.15, -0.1) is 0 Å². The Morgan fingerprint density at radius 3 is 2.61 bits per heavy atom. The highest BCUT2D eigenvalue weighted by Crippen LogP contribution is 2.37. The lowest BCUT2D eigenvalue weighted by Gasteiger charge is -2.23. The molecule has 0 saturated heterocycles. The molecule has 1 aliphatic rings. The van der Waals surface area contributed by atoms with Crippen LogP contribution in [-0.4, -0.2) is 15.6 Å². The minimum atomic E-state index is -0.663. The summed E-state index contributed by atoms with van der Waals surface area (Å²) < 4.78 is 13.7. The molecule has 0 heterocycles. The third-order valence-corrected chi connectivity index (χ3v) is 4.73. The number of hydrogen-bond donors (Lipinski definition) is 0. The van der Waals surface area contributed by atoms with Gasteiger partial charge in [-0.25, -0.2) is 4.39 Å². The summed E-state index contributed by atoms with van der Waals surface area (Å²) in [6, 6.07) is 9.84. The third-order valence-electron chi connectivity index (χ3n) is 4.73. The Morgan fingerprint density at radius 2 is 1.89 bits per heavy atom. The van der Waals surface area contributed by atoms with E-state index in [9.17, 15) is 24.6 Å². The molecule has 1 aliphatic carbocycles. The van der Waals surface area contributed by atoms with Crippen LogP contribution in [0.25, 0.3) is 0 Å². The summed E-state index contributed by atoms with van der Waals surface area (Å²) in [5, 5.41) is 26.5. The molecule has 0 aliphatic heterocycles. The first-order valence-electron chi connectivity index (χ1n) is 8.82. The predicted octanol–water partition coefficient (Wildman–Crippen LogP) is 4.87. The summed E-state index contributed by atoms with van der Waals surface area (Å²) in [5.41, 5.74) is 0.729. The van der Waals surface area contributed by atoms with Crippen molar-refractivity contribution in [2.24, 2.45) is 5.16 Å². The molecule has 2 aromatic rings. The Kier molecular flexibility index (Phi) is 5.93. The monoisotopic (exact) mass is 387 g/mol. The van der Waals surface area contributed by atoms with E-state index in [1.807, 2.05) is 0 Å². The van der Waals surface area contributed by atoms with Crippen molar-refractivity contribution in [2.75, 3.05) is 0 Å². The van der Waals surface area contributed by atoms with Crippen LogP contribution in [0.1, 0.15) is 42.7 Å². The Hall–Kier alpha value is -3.36. The number of nitrogens with zero attached hydrogens (tertiary/aromatic N) is 3. The molecule has 28 heavy (non-hydrogen) atoms. The minimum Gasteiger partial charge on any atom is -0.391 e. The van der Waals surface area contributed by atoms with Crippen LogP contribution in [0.2, 0.25) is 0 Å². The van der Waals surface area contributed by atoms with Gasteiger partial charge in [-0.2, -0.15) is 0 Å². The predicted molar refractivity (Wildman–Crippen MR) is 99.6 cm³/mol. The van der Waals surface area contributed by atoms with Gasteiger partial charge in [0.15, 0.2) is 0 Å². The molecular formula is C19H18FN3O5. The number of non-ortho nitro benzene ring substituents is 1. The molecule has 8 nitrogen and oxygen atoms in total. The SMILES string of the molecule is O=[N+]([O-])c1ccc([C@H]2CCCC/C2=N\OCc2ccccc2F)c([N+](=O)[O-])c1. The summed E-state index contributed by atoms with van der Waals surface area (Å²) in [6.45, 7) is -0.0503. The van der Waals surface area contributed by atoms with Crippen LogP contribution in [-0.2, 0) is 11.4 Å². The third kappa shape index (κ3) is 4.30. The van der Waals surface area contributed by atoms with Gasteiger partial charge in [0.05, 0.1) is 21.6 Å². The number of nitro groups is 2. The van der Waals surface area contributed by atoms with Gasteiger partial charge in [0.2, 0.25) is 0 Å². The van der Waals surface area contributed by atoms with Gasteiger partial charge in [-0.05, 0) is 31.4 Å². The second-order valence-corrected chi connectivity index (χ2v) is 6.50. The van der Waals surface area contributed by atoms with Crippen molar-refractivity contribution in [1.29, 1.82) is 0 Å². The van der Waals surface area contributed by atoms with Crippen molar-refractivity contribution < 1.29 is 19.1 Å². The van der Waals surface area contributed by atoms with Crippen molar-refractivity contribution in [3.8, 4) is 0 Å². The van der Waals surface area contributed by atoms with E-state index in [0.717, 1.165) is 18.9 Å². The zero-order valence-electron chi connectivity index (χ0n) is 14.9. The van der Waals surface area contributed by atoms with E-state index in [-0.39, 0.29) is 23.9 Å². The molecule has 1 fully saturated rings. The summed E-state index contributed by atoms with van der Waals surface area (Å²) in [7, 11) is 0. The molecule has 2 aromatic carbocycles. The van der Waals surface area contributed by atoms with Gasteiger partial charge in [-0.3, -0.25) is 20.2 Å². The zero-order valence-corrected chi connectivity index (χ0v) is 14.9. The minimum absolute atomic E-state index is 0.0503. The maximum absolute atomic E-state index is 13.7. The summed E-state index contributed by atoms with van der Waals surface area (Å²) in [5.74, 6) is -0.760. The lowest BCUT2D eigenvalue weighted by Crippen LogP contribution is -2.19. The maximum atomic E-state index is 13.7. The normalized spacial score (nSPS) is 18.0. The zero-order chi connectivity index (χ0) is 20.1. The molecule has 0 N–H and O–H groups in total. The average molecular weight is 387 g/mol. The van der Waals surface area contributed by atoms with Crippen LogP contribution in [0.4, 0.5) is 15.8 Å². The fraction of sp³-hybridized carbons (Fsp3) is 0.316. The second-order valence-electron chi connectivity index (χ2n) is 6.50. The first-order valence-corrected chi connectivity index (χ1v) is 8.82. The Bertz CT molecular complexity index is 932. The van der Waals surface area contributed by atoms with E-state index in [1.54, 1.807) is 18.2 Å². The van der Waals surface area contributed by atoms with Gasteiger partial charge in [0, 0.05) is 23.1 Å². The second kappa shape index (κ2) is 8.55. The van der Waals surface area contributed by atoms with Gasteiger partial charge in [0.25, 0.3) is 11.4 Å². The molecule has 9 heteroatoms. The summed E-state index contributed by atoms with van der Waals surface area (Å²) in [4.78, 5) is 26.4. The van der Waals surface area contributed by atoms with Crippen LogP contribution >= 0.6 is 0 Å². The highest BCUT2D eigenvalue weighted by atomic mass is 19.1. The molecule has 146 valence electrons. The van der Waals surface area contributed by atoms with Gasteiger partial charge in [-0.1, -0.05) is 29.8 Å². The van der Waals surface area contributed by atoms with Crippen LogP contribution in [0.15, 0.2) is 47.6 Å². The summed E-state index contributed by atoms with van der Waals surface area (Å²) >= 11 is 0. The van der Waals surface area contributed by atoms with Gasteiger partial charge in [0.1, 0.15) is 12.4 Å². The molecule has 1 saturated carbocycles. The van der Waals surface area contributed by atoms with Crippen molar-refractivity contribution >= 4 is 17.1 Å². The highest BCUT2D eigenvalue weighted by molar-refractivity contribution is 5.92. The molecule has 0 unspecified atom stereocenters.